The fraction of sp³-hybridized carbons (Fsp3) is 0.273. The molecule has 0 unspecified atom stereocenters. The molecule has 0 spiro atoms. The highest BCUT2D eigenvalue weighted by atomic mass is 16.5. The van der Waals surface area contributed by atoms with Crippen LogP contribution < -0.4 is 21.4 Å². The van der Waals surface area contributed by atoms with E-state index in [9.17, 15) is 14.4 Å². The molecule has 0 atom stereocenters. The van der Waals surface area contributed by atoms with Gasteiger partial charge in [0, 0.05) is 24.2 Å². The molecule has 3 aromatic rings. The Balaban J connectivity index is 1.37. The van der Waals surface area contributed by atoms with Crippen molar-refractivity contribution in [2.75, 3.05) is 17.2 Å². The molecule has 2 aromatic carbocycles. The molecule has 10 heteroatoms. The first-order chi connectivity index (χ1) is 15.5. The Morgan fingerprint density at radius 1 is 0.906 bits per heavy atom. The molecule has 0 aliphatic heterocycles. The van der Waals surface area contributed by atoms with E-state index in [0.717, 1.165) is 30.3 Å². The second-order valence-corrected chi connectivity index (χ2v) is 7.21. The molecule has 0 aliphatic carbocycles. The average Bonchev–Trinajstić information content (AvgIpc) is 3.20. The van der Waals surface area contributed by atoms with Crippen LogP contribution >= 0.6 is 0 Å². The predicted molar refractivity (Wildman–Crippen MR) is 121 cm³/mol. The standard InChI is InChI=1S/C22H26N6O4/c29-19(28-32)9-3-1-2-6-14-23-20(30)15-10-12-16(13-11-15)24-22(31)27-21-25-17-7-4-5-8-18(17)26-21/h4-5,7-8,10-13,32H,1-3,6,9,14H2,(H,23,30)(H,28,29)(H3,24,25,26,27,31). The number of nitrogens with zero attached hydrogens (tertiary/aromatic N) is 1. The largest absolute Gasteiger partial charge is 0.352 e. The third-order valence-electron chi connectivity index (χ3n) is 4.77. The van der Waals surface area contributed by atoms with Crippen molar-refractivity contribution in [1.82, 2.24) is 20.8 Å². The Labute approximate surface area is 184 Å². The maximum atomic E-state index is 12.2. The van der Waals surface area contributed by atoms with E-state index in [0.29, 0.717) is 36.6 Å². The van der Waals surface area contributed by atoms with Gasteiger partial charge in [-0.25, -0.2) is 15.3 Å². The summed E-state index contributed by atoms with van der Waals surface area (Å²) in [6.45, 7) is 0.533. The van der Waals surface area contributed by atoms with Crippen molar-refractivity contribution in [3.63, 3.8) is 0 Å². The van der Waals surface area contributed by atoms with E-state index >= 15 is 0 Å². The normalized spacial score (nSPS) is 10.5. The number of aromatic amines is 1. The summed E-state index contributed by atoms with van der Waals surface area (Å²) < 4.78 is 0. The number of nitrogens with one attached hydrogen (secondary N) is 5. The maximum absolute atomic E-state index is 12.2. The number of hydrogen-bond acceptors (Lipinski definition) is 5. The molecule has 0 fully saturated rings. The van der Waals surface area contributed by atoms with Crippen molar-refractivity contribution < 1.29 is 19.6 Å². The number of amides is 4. The number of imidazole rings is 1. The van der Waals surface area contributed by atoms with Gasteiger partial charge in [-0.15, -0.1) is 0 Å². The Hall–Kier alpha value is -3.92. The average molecular weight is 438 g/mol. The lowest BCUT2D eigenvalue weighted by molar-refractivity contribution is -0.129. The van der Waals surface area contributed by atoms with Crippen LogP contribution in [0.4, 0.5) is 16.4 Å². The topological polar surface area (TPSA) is 148 Å². The van der Waals surface area contributed by atoms with Gasteiger partial charge in [0.15, 0.2) is 0 Å². The fourth-order valence-corrected chi connectivity index (χ4v) is 3.11. The molecule has 0 bridgehead atoms. The molecule has 3 rings (SSSR count). The van der Waals surface area contributed by atoms with Crippen LogP contribution in [-0.4, -0.2) is 39.6 Å². The monoisotopic (exact) mass is 438 g/mol. The summed E-state index contributed by atoms with van der Waals surface area (Å²) in [4.78, 5) is 42.6. The van der Waals surface area contributed by atoms with Gasteiger partial charge in [0.2, 0.25) is 11.9 Å². The quantitative estimate of drug-likeness (QED) is 0.163. The molecule has 0 saturated heterocycles. The van der Waals surface area contributed by atoms with Gasteiger partial charge < -0.3 is 15.6 Å². The van der Waals surface area contributed by atoms with E-state index in [1.807, 2.05) is 24.3 Å². The lowest BCUT2D eigenvalue weighted by Crippen LogP contribution is -2.24. The van der Waals surface area contributed by atoms with Crippen LogP contribution in [-0.2, 0) is 4.79 Å². The first-order valence-electron chi connectivity index (χ1n) is 10.4. The molecular weight excluding hydrogens is 412 g/mol. The lowest BCUT2D eigenvalue weighted by Gasteiger charge is -2.08. The van der Waals surface area contributed by atoms with Crippen LogP contribution in [0, 0.1) is 0 Å². The van der Waals surface area contributed by atoms with E-state index in [1.165, 1.54) is 0 Å². The van der Waals surface area contributed by atoms with Crippen molar-refractivity contribution in [2.24, 2.45) is 0 Å². The second kappa shape index (κ2) is 11.5. The molecule has 168 valence electrons. The number of rotatable bonds is 10. The highest BCUT2D eigenvalue weighted by Gasteiger charge is 2.09. The van der Waals surface area contributed by atoms with Crippen LogP contribution in [0.25, 0.3) is 11.0 Å². The summed E-state index contributed by atoms with van der Waals surface area (Å²) in [6, 6.07) is 13.6. The molecule has 6 N–H and O–H groups in total. The Bertz CT molecular complexity index is 1030. The summed E-state index contributed by atoms with van der Waals surface area (Å²) in [7, 11) is 0. The van der Waals surface area contributed by atoms with Gasteiger partial charge in [0.25, 0.3) is 5.91 Å². The van der Waals surface area contributed by atoms with Gasteiger partial charge in [-0.05, 0) is 49.2 Å². The minimum Gasteiger partial charge on any atom is -0.352 e. The molecule has 0 saturated carbocycles. The minimum absolute atomic E-state index is 0.192. The highest BCUT2D eigenvalue weighted by Crippen LogP contribution is 2.14. The zero-order chi connectivity index (χ0) is 22.8. The number of aromatic nitrogens is 2. The van der Waals surface area contributed by atoms with E-state index in [-0.39, 0.29) is 11.8 Å². The summed E-state index contributed by atoms with van der Waals surface area (Å²) in [5.74, 6) is -0.234. The number of benzene rings is 2. The highest BCUT2D eigenvalue weighted by molar-refractivity contribution is 6.00. The number of para-hydroxylation sites is 2. The number of anilines is 2. The van der Waals surface area contributed by atoms with Gasteiger partial charge in [-0.1, -0.05) is 25.0 Å². The predicted octanol–water partition coefficient (Wildman–Crippen LogP) is 3.39. The van der Waals surface area contributed by atoms with E-state index < -0.39 is 6.03 Å². The van der Waals surface area contributed by atoms with Crippen LogP contribution in [0.15, 0.2) is 48.5 Å². The summed E-state index contributed by atoms with van der Waals surface area (Å²) in [5, 5.41) is 16.6. The summed E-state index contributed by atoms with van der Waals surface area (Å²) in [5.41, 5.74) is 4.22. The number of unbranched alkanes of at least 4 members (excludes halogenated alkanes) is 3. The smallest absolute Gasteiger partial charge is 0.326 e. The molecule has 10 nitrogen and oxygen atoms in total. The number of hydroxylamine groups is 1. The SMILES string of the molecule is O=C(CCCCCCNC(=O)c1ccc(NC(=O)Nc2nc3ccccc3[nH]2)cc1)NO. The first-order valence-corrected chi connectivity index (χ1v) is 10.4. The Kier molecular flexibility index (Phi) is 8.15. The lowest BCUT2D eigenvalue weighted by atomic mass is 10.1. The van der Waals surface area contributed by atoms with Crippen molar-refractivity contribution in [3.05, 3.63) is 54.1 Å². The summed E-state index contributed by atoms with van der Waals surface area (Å²) >= 11 is 0. The molecule has 0 aliphatic rings. The molecule has 32 heavy (non-hydrogen) atoms. The Morgan fingerprint density at radius 2 is 1.66 bits per heavy atom. The van der Waals surface area contributed by atoms with Crippen molar-refractivity contribution >= 4 is 40.5 Å². The molecule has 1 aromatic heterocycles. The number of fused-ring (bicyclic) bond motifs is 1. The van der Waals surface area contributed by atoms with Crippen molar-refractivity contribution in [1.29, 1.82) is 0 Å². The van der Waals surface area contributed by atoms with Gasteiger partial charge >= 0.3 is 6.03 Å². The third kappa shape index (κ3) is 6.81. The van der Waals surface area contributed by atoms with Gasteiger partial charge in [0.1, 0.15) is 0 Å². The van der Waals surface area contributed by atoms with Gasteiger partial charge in [-0.3, -0.25) is 20.1 Å². The number of H-pyrrole nitrogens is 1. The fourth-order valence-electron chi connectivity index (χ4n) is 3.11. The zero-order valence-electron chi connectivity index (χ0n) is 17.5. The number of carbonyl (C=O) groups excluding carboxylic acids is 3. The Morgan fingerprint density at radius 3 is 2.41 bits per heavy atom. The van der Waals surface area contributed by atoms with Gasteiger partial charge in [-0.2, -0.15) is 0 Å². The molecule has 1 heterocycles. The maximum Gasteiger partial charge on any atom is 0.326 e. The third-order valence-corrected chi connectivity index (χ3v) is 4.77. The van der Waals surface area contributed by atoms with Crippen molar-refractivity contribution in [3.8, 4) is 0 Å². The van der Waals surface area contributed by atoms with E-state index in [2.05, 4.69) is 25.9 Å². The minimum atomic E-state index is -0.447. The van der Waals surface area contributed by atoms with Gasteiger partial charge in [0.05, 0.1) is 11.0 Å². The first kappa shape index (κ1) is 22.8. The van der Waals surface area contributed by atoms with Crippen LogP contribution in [0.1, 0.15) is 42.5 Å². The second-order valence-electron chi connectivity index (χ2n) is 7.21. The molecular formula is C22H26N6O4. The number of carbonyl (C=O) groups is 3. The van der Waals surface area contributed by atoms with Crippen molar-refractivity contribution in [2.45, 2.75) is 32.1 Å². The van der Waals surface area contributed by atoms with Crippen LogP contribution in [0.2, 0.25) is 0 Å². The summed E-state index contributed by atoms with van der Waals surface area (Å²) in [6.07, 6.45) is 3.51. The molecule has 4 amide bonds. The zero-order valence-corrected chi connectivity index (χ0v) is 17.5. The van der Waals surface area contributed by atoms with E-state index in [4.69, 9.17) is 5.21 Å². The van der Waals surface area contributed by atoms with E-state index in [1.54, 1.807) is 29.7 Å². The van der Waals surface area contributed by atoms with Crippen LogP contribution in [0.5, 0.6) is 0 Å². The number of urea groups is 1. The number of hydrogen-bond donors (Lipinski definition) is 6. The van der Waals surface area contributed by atoms with Crippen LogP contribution in [0.3, 0.4) is 0 Å². The molecule has 0 radical (unpaired) electrons.